The Kier molecular flexibility index (Phi) is 8.78. The normalized spacial score (nSPS) is 17.1. The van der Waals surface area contributed by atoms with E-state index in [9.17, 15) is 9.59 Å². The Hall–Kier alpha value is -1.89. The minimum Gasteiger partial charge on any atom is -0.383 e. The van der Waals surface area contributed by atoms with Crippen LogP contribution in [0.5, 0.6) is 0 Å². The molecule has 1 aromatic rings. The highest BCUT2D eigenvalue weighted by Gasteiger charge is 2.31. The number of nitrogens with zero attached hydrogens (tertiary/aromatic N) is 2. The zero-order chi connectivity index (χ0) is 19.6. The van der Waals surface area contributed by atoms with Crippen molar-refractivity contribution < 1.29 is 18.8 Å². The monoisotopic (exact) mass is 379 g/mol. The molecule has 0 saturated heterocycles. The Morgan fingerprint density at radius 1 is 1.26 bits per heavy atom. The van der Waals surface area contributed by atoms with E-state index in [1.165, 1.54) is 19.3 Å². The van der Waals surface area contributed by atoms with Gasteiger partial charge in [0.05, 0.1) is 6.61 Å². The molecule has 0 atom stereocenters. The third-order valence-electron chi connectivity index (χ3n) is 5.04. The summed E-state index contributed by atoms with van der Waals surface area (Å²) in [4.78, 5) is 24.5. The van der Waals surface area contributed by atoms with Crippen molar-refractivity contribution in [1.82, 2.24) is 10.1 Å². The van der Waals surface area contributed by atoms with Crippen LogP contribution >= 0.6 is 0 Å². The number of hydrogen-bond acceptors (Lipinski definition) is 5. The fraction of sp³-hybridized carbons (Fsp3) is 0.750. The Labute approximate surface area is 161 Å². The van der Waals surface area contributed by atoms with E-state index in [0.717, 1.165) is 37.9 Å². The van der Waals surface area contributed by atoms with Gasteiger partial charge in [-0.3, -0.25) is 9.59 Å². The van der Waals surface area contributed by atoms with Gasteiger partial charge in [0.1, 0.15) is 5.76 Å². The van der Waals surface area contributed by atoms with Crippen LogP contribution in [-0.4, -0.2) is 48.2 Å². The van der Waals surface area contributed by atoms with Crippen molar-refractivity contribution in [3.8, 4) is 0 Å². The lowest BCUT2D eigenvalue weighted by atomic mass is 9.94. The quantitative estimate of drug-likeness (QED) is 0.747. The lowest BCUT2D eigenvalue weighted by Gasteiger charge is -2.33. The first kappa shape index (κ1) is 21.4. The molecule has 7 nitrogen and oxygen atoms in total. The lowest BCUT2D eigenvalue weighted by molar-refractivity contribution is -0.118. The molecule has 3 rings (SSSR count). The summed E-state index contributed by atoms with van der Waals surface area (Å²) < 4.78 is 10.5. The summed E-state index contributed by atoms with van der Waals surface area (Å²) in [5.41, 5.74) is 5.22. The predicted molar refractivity (Wildman–Crippen MR) is 102 cm³/mol. The van der Waals surface area contributed by atoms with E-state index in [2.05, 4.69) is 5.16 Å². The van der Waals surface area contributed by atoms with Crippen LogP contribution in [0.2, 0.25) is 0 Å². The van der Waals surface area contributed by atoms with Crippen molar-refractivity contribution in [2.24, 2.45) is 5.73 Å². The zero-order valence-electron chi connectivity index (χ0n) is 16.6. The van der Waals surface area contributed by atoms with E-state index in [1.54, 1.807) is 7.11 Å². The van der Waals surface area contributed by atoms with Crippen LogP contribution in [0, 0.1) is 0 Å². The molecule has 152 valence electrons. The van der Waals surface area contributed by atoms with Gasteiger partial charge < -0.3 is 19.9 Å². The van der Waals surface area contributed by atoms with Gasteiger partial charge in [-0.1, -0.05) is 31.3 Å². The summed E-state index contributed by atoms with van der Waals surface area (Å²) in [6.45, 7) is 3.12. The number of hydrogen-bond donors (Lipinski definition) is 1. The molecule has 2 aliphatic rings. The van der Waals surface area contributed by atoms with Crippen LogP contribution in [-0.2, 0) is 9.53 Å². The molecule has 7 heteroatoms. The van der Waals surface area contributed by atoms with Gasteiger partial charge in [-0.15, -0.1) is 0 Å². The molecular formula is C20H33N3O4. The minimum atomic E-state index is -0.211. The van der Waals surface area contributed by atoms with E-state index in [-0.39, 0.29) is 11.8 Å². The Bertz CT molecular complexity index is 592. The molecule has 2 N–H and O–H groups in total. The number of ether oxygens (including phenoxy) is 1. The lowest BCUT2D eigenvalue weighted by Crippen LogP contribution is -2.43. The Balaban J connectivity index is 0.000000380. The number of amides is 2. The molecule has 0 radical (unpaired) electrons. The van der Waals surface area contributed by atoms with Crippen LogP contribution in [0.4, 0.5) is 0 Å². The average Bonchev–Trinajstić information content (AvgIpc) is 3.40. The van der Waals surface area contributed by atoms with Gasteiger partial charge in [0.15, 0.2) is 5.69 Å². The number of aromatic nitrogens is 1. The Morgan fingerprint density at radius 2 is 1.96 bits per heavy atom. The highest BCUT2D eigenvalue weighted by Crippen LogP contribution is 2.40. The molecule has 1 aromatic heterocycles. The third kappa shape index (κ3) is 6.97. The van der Waals surface area contributed by atoms with Gasteiger partial charge in [0, 0.05) is 38.1 Å². The van der Waals surface area contributed by atoms with Gasteiger partial charge in [-0.05, 0) is 32.1 Å². The second kappa shape index (κ2) is 11.1. The third-order valence-corrected chi connectivity index (χ3v) is 5.04. The largest absolute Gasteiger partial charge is 0.383 e. The van der Waals surface area contributed by atoms with E-state index in [1.807, 2.05) is 17.9 Å². The standard InChI is InChI=1S/C16H24N2O3.C4H9NO/c1-20-10-9-18(13-5-3-2-4-6-13)16(19)14-11-15(21-17-14)12-7-8-12;1-2-3-4(5)6/h11-13H,2-10H2,1H3;2-3H2,1H3,(H2,5,6). The molecular weight excluding hydrogens is 346 g/mol. The molecule has 0 spiro atoms. The van der Waals surface area contributed by atoms with Crippen molar-refractivity contribution in [1.29, 1.82) is 0 Å². The zero-order valence-corrected chi connectivity index (χ0v) is 16.6. The van der Waals surface area contributed by atoms with Crippen molar-refractivity contribution in [2.45, 2.75) is 76.7 Å². The first-order chi connectivity index (χ1) is 13.1. The summed E-state index contributed by atoms with van der Waals surface area (Å²) >= 11 is 0. The van der Waals surface area contributed by atoms with Crippen LogP contribution < -0.4 is 5.73 Å². The topological polar surface area (TPSA) is 98.7 Å². The number of rotatable bonds is 8. The van der Waals surface area contributed by atoms with Crippen molar-refractivity contribution >= 4 is 11.8 Å². The fourth-order valence-electron chi connectivity index (χ4n) is 3.38. The second-order valence-electron chi connectivity index (χ2n) is 7.39. The van der Waals surface area contributed by atoms with E-state index in [4.69, 9.17) is 15.0 Å². The van der Waals surface area contributed by atoms with Crippen LogP contribution in [0.15, 0.2) is 10.6 Å². The molecule has 0 aliphatic heterocycles. The number of nitrogens with two attached hydrogens (primary N) is 1. The molecule has 0 aromatic carbocycles. The smallest absolute Gasteiger partial charge is 0.276 e. The maximum absolute atomic E-state index is 12.8. The van der Waals surface area contributed by atoms with Crippen molar-refractivity contribution in [3.05, 3.63) is 17.5 Å². The first-order valence-electron chi connectivity index (χ1n) is 10.1. The van der Waals surface area contributed by atoms with E-state index < -0.39 is 0 Å². The van der Waals surface area contributed by atoms with Crippen LogP contribution in [0.3, 0.4) is 0 Å². The van der Waals surface area contributed by atoms with Crippen molar-refractivity contribution in [3.63, 3.8) is 0 Å². The molecule has 0 bridgehead atoms. The summed E-state index contributed by atoms with van der Waals surface area (Å²) in [5, 5.41) is 3.99. The summed E-state index contributed by atoms with van der Waals surface area (Å²) in [7, 11) is 1.67. The van der Waals surface area contributed by atoms with Gasteiger partial charge in [0.25, 0.3) is 5.91 Å². The highest BCUT2D eigenvalue weighted by atomic mass is 16.5. The molecule has 27 heavy (non-hydrogen) atoms. The van der Waals surface area contributed by atoms with E-state index >= 15 is 0 Å². The first-order valence-corrected chi connectivity index (χ1v) is 10.1. The predicted octanol–water partition coefficient (Wildman–Crippen LogP) is 3.25. The van der Waals surface area contributed by atoms with Gasteiger partial charge >= 0.3 is 0 Å². The van der Waals surface area contributed by atoms with E-state index in [0.29, 0.717) is 37.2 Å². The number of primary amides is 1. The second-order valence-corrected chi connectivity index (χ2v) is 7.39. The van der Waals surface area contributed by atoms with Gasteiger partial charge in [-0.2, -0.15) is 0 Å². The van der Waals surface area contributed by atoms with Crippen LogP contribution in [0.1, 0.15) is 86.9 Å². The maximum atomic E-state index is 12.8. The average molecular weight is 380 g/mol. The molecule has 2 fully saturated rings. The maximum Gasteiger partial charge on any atom is 0.276 e. The molecule has 2 aliphatic carbocycles. The van der Waals surface area contributed by atoms with Crippen LogP contribution in [0.25, 0.3) is 0 Å². The summed E-state index contributed by atoms with van der Waals surface area (Å²) in [6.07, 6.45) is 9.53. The fourth-order valence-corrected chi connectivity index (χ4v) is 3.38. The minimum absolute atomic E-state index is 0.00500. The van der Waals surface area contributed by atoms with Gasteiger partial charge in [0.2, 0.25) is 5.91 Å². The number of methoxy groups -OCH3 is 1. The number of carbonyl (C=O) groups excluding carboxylic acids is 2. The van der Waals surface area contributed by atoms with Gasteiger partial charge in [-0.25, -0.2) is 0 Å². The molecule has 1 heterocycles. The summed E-state index contributed by atoms with van der Waals surface area (Å²) in [6, 6.07) is 2.16. The highest BCUT2D eigenvalue weighted by molar-refractivity contribution is 5.92. The molecule has 2 saturated carbocycles. The molecule has 0 unspecified atom stereocenters. The summed E-state index contributed by atoms with van der Waals surface area (Å²) in [5.74, 6) is 1.14. The molecule has 2 amide bonds. The SMILES string of the molecule is CCCC(N)=O.COCCN(C(=O)c1cc(C2CC2)on1)C1CCCCC1. The number of carbonyl (C=O) groups is 2. The van der Waals surface area contributed by atoms with Crippen molar-refractivity contribution in [2.75, 3.05) is 20.3 Å². The Morgan fingerprint density at radius 3 is 2.48 bits per heavy atom.